The molecule has 1 saturated heterocycles. The number of ketones is 1. The zero-order chi connectivity index (χ0) is 12.7. The molecule has 1 aliphatic heterocycles. The first kappa shape index (κ1) is 13.6. The standard InChI is InChI=1S/C13H19NO3/c1-3-4-5-6-7-8-9-10(15)11-12(17-11)13(16)14-2/h3-4,7-8,11-12H,5-6,9H2,1-2H3,(H,14,16). The van der Waals surface area contributed by atoms with E-state index in [1.54, 1.807) is 0 Å². The zero-order valence-corrected chi connectivity index (χ0v) is 10.3. The van der Waals surface area contributed by atoms with Crippen LogP contribution in [0.4, 0.5) is 0 Å². The van der Waals surface area contributed by atoms with Crippen molar-refractivity contribution in [2.45, 2.75) is 38.4 Å². The van der Waals surface area contributed by atoms with Gasteiger partial charge < -0.3 is 10.1 Å². The van der Waals surface area contributed by atoms with E-state index in [1.165, 1.54) is 7.05 Å². The highest BCUT2D eigenvalue weighted by Gasteiger charge is 2.48. The second-order valence-electron chi connectivity index (χ2n) is 3.88. The molecule has 0 aromatic carbocycles. The third kappa shape index (κ3) is 4.53. The smallest absolute Gasteiger partial charge is 0.252 e. The van der Waals surface area contributed by atoms with Gasteiger partial charge in [-0.05, 0) is 19.8 Å². The molecule has 0 aromatic rings. The third-order valence-corrected chi connectivity index (χ3v) is 2.54. The Hall–Kier alpha value is -1.42. The number of carbonyl (C=O) groups excluding carboxylic acids is 2. The summed E-state index contributed by atoms with van der Waals surface area (Å²) in [6.45, 7) is 1.98. The molecule has 1 rings (SSSR count). The highest BCUT2D eigenvalue weighted by molar-refractivity contribution is 5.96. The summed E-state index contributed by atoms with van der Waals surface area (Å²) in [4.78, 5) is 22.7. The predicted molar refractivity (Wildman–Crippen MR) is 65.5 cm³/mol. The molecular weight excluding hydrogens is 218 g/mol. The highest BCUT2D eigenvalue weighted by Crippen LogP contribution is 2.24. The number of unbranched alkanes of at least 4 members (excludes halogenated alkanes) is 1. The summed E-state index contributed by atoms with van der Waals surface area (Å²) in [6, 6.07) is 0. The largest absolute Gasteiger partial charge is 0.357 e. The number of ether oxygens (including phenoxy) is 1. The summed E-state index contributed by atoms with van der Waals surface area (Å²) in [6.07, 6.45) is 9.07. The van der Waals surface area contributed by atoms with Crippen LogP contribution in [0.3, 0.4) is 0 Å². The second-order valence-corrected chi connectivity index (χ2v) is 3.88. The van der Waals surface area contributed by atoms with E-state index in [0.29, 0.717) is 6.42 Å². The van der Waals surface area contributed by atoms with E-state index in [2.05, 4.69) is 11.4 Å². The molecule has 0 bridgehead atoms. The first-order valence-electron chi connectivity index (χ1n) is 5.86. The van der Waals surface area contributed by atoms with Gasteiger partial charge in [-0.3, -0.25) is 9.59 Å². The molecule has 2 unspecified atom stereocenters. The molecule has 0 aliphatic carbocycles. The van der Waals surface area contributed by atoms with E-state index >= 15 is 0 Å². The first-order valence-corrected chi connectivity index (χ1v) is 5.86. The average molecular weight is 237 g/mol. The maximum absolute atomic E-state index is 11.6. The van der Waals surface area contributed by atoms with Crippen LogP contribution in [0.2, 0.25) is 0 Å². The lowest BCUT2D eigenvalue weighted by atomic mass is 10.1. The Bertz CT molecular complexity index is 334. The summed E-state index contributed by atoms with van der Waals surface area (Å²) in [5, 5.41) is 2.46. The van der Waals surface area contributed by atoms with Crippen molar-refractivity contribution in [1.82, 2.24) is 5.32 Å². The number of carbonyl (C=O) groups is 2. The number of nitrogens with one attached hydrogen (secondary N) is 1. The van der Waals surface area contributed by atoms with Crippen LogP contribution >= 0.6 is 0 Å². The molecule has 2 atom stereocenters. The summed E-state index contributed by atoms with van der Waals surface area (Å²) >= 11 is 0. The minimum atomic E-state index is -0.566. The van der Waals surface area contributed by atoms with Crippen molar-refractivity contribution in [3.8, 4) is 0 Å². The Morgan fingerprint density at radius 2 is 1.88 bits per heavy atom. The molecule has 0 spiro atoms. The molecule has 0 radical (unpaired) electrons. The first-order chi connectivity index (χ1) is 8.20. The Morgan fingerprint density at radius 1 is 1.18 bits per heavy atom. The van der Waals surface area contributed by atoms with Gasteiger partial charge in [-0.1, -0.05) is 24.3 Å². The molecule has 1 amide bonds. The van der Waals surface area contributed by atoms with Gasteiger partial charge in [-0.25, -0.2) is 0 Å². The van der Waals surface area contributed by atoms with Gasteiger partial charge in [-0.15, -0.1) is 0 Å². The lowest BCUT2D eigenvalue weighted by Crippen LogP contribution is -2.26. The van der Waals surface area contributed by atoms with Crippen LogP contribution in [0.5, 0.6) is 0 Å². The van der Waals surface area contributed by atoms with E-state index in [9.17, 15) is 9.59 Å². The topological polar surface area (TPSA) is 58.7 Å². The number of hydrogen-bond acceptors (Lipinski definition) is 3. The fourth-order valence-electron chi connectivity index (χ4n) is 1.49. The molecule has 1 fully saturated rings. The van der Waals surface area contributed by atoms with E-state index in [0.717, 1.165) is 12.8 Å². The van der Waals surface area contributed by atoms with Crippen molar-refractivity contribution < 1.29 is 14.3 Å². The minimum Gasteiger partial charge on any atom is -0.357 e. The van der Waals surface area contributed by atoms with Crippen LogP contribution in [-0.2, 0) is 14.3 Å². The Kier molecular flexibility index (Phi) is 5.63. The summed E-state index contributed by atoms with van der Waals surface area (Å²) < 4.78 is 5.02. The van der Waals surface area contributed by atoms with Gasteiger partial charge in [-0.2, -0.15) is 0 Å². The number of likely N-dealkylation sites (N-methyl/N-ethyl adjacent to an activating group) is 1. The second kappa shape index (κ2) is 7.01. The number of amides is 1. The molecule has 17 heavy (non-hydrogen) atoms. The number of allylic oxidation sites excluding steroid dienone is 4. The van der Waals surface area contributed by atoms with Crippen molar-refractivity contribution in [2.75, 3.05) is 7.05 Å². The van der Waals surface area contributed by atoms with Crippen LogP contribution in [0.15, 0.2) is 24.3 Å². The number of rotatable bonds is 7. The Morgan fingerprint density at radius 3 is 2.53 bits per heavy atom. The fraction of sp³-hybridized carbons (Fsp3) is 0.538. The summed E-state index contributed by atoms with van der Waals surface area (Å²) in [7, 11) is 1.53. The van der Waals surface area contributed by atoms with E-state index in [-0.39, 0.29) is 11.7 Å². The molecule has 1 heterocycles. The zero-order valence-electron chi connectivity index (χ0n) is 10.3. The number of hydrogen-bond donors (Lipinski definition) is 1. The Labute approximate surface area is 102 Å². The molecule has 4 nitrogen and oxygen atoms in total. The van der Waals surface area contributed by atoms with Crippen LogP contribution in [0, 0.1) is 0 Å². The number of Topliss-reactive ketones (excluding diaryl/α,β-unsaturated/α-hetero) is 1. The van der Waals surface area contributed by atoms with Crippen molar-refractivity contribution in [3.63, 3.8) is 0 Å². The Balaban J connectivity index is 2.17. The van der Waals surface area contributed by atoms with Crippen molar-refractivity contribution >= 4 is 11.7 Å². The molecule has 4 heteroatoms. The van der Waals surface area contributed by atoms with Crippen molar-refractivity contribution in [2.24, 2.45) is 0 Å². The van der Waals surface area contributed by atoms with Gasteiger partial charge in [0, 0.05) is 13.5 Å². The molecule has 0 aromatic heterocycles. The predicted octanol–water partition coefficient (Wildman–Crippen LogP) is 1.37. The molecule has 1 N–H and O–H groups in total. The van der Waals surface area contributed by atoms with Crippen molar-refractivity contribution in [3.05, 3.63) is 24.3 Å². The highest BCUT2D eigenvalue weighted by atomic mass is 16.6. The van der Waals surface area contributed by atoms with Crippen LogP contribution in [0.1, 0.15) is 26.2 Å². The minimum absolute atomic E-state index is 0.0270. The maximum Gasteiger partial charge on any atom is 0.252 e. The number of epoxide rings is 1. The van der Waals surface area contributed by atoms with Crippen LogP contribution in [0.25, 0.3) is 0 Å². The molecular formula is C13H19NO3. The normalized spacial score (nSPS) is 23.2. The maximum atomic E-state index is 11.6. The van der Waals surface area contributed by atoms with Gasteiger partial charge in [0.25, 0.3) is 5.91 Å². The van der Waals surface area contributed by atoms with E-state index in [1.807, 2.05) is 25.2 Å². The summed E-state index contributed by atoms with van der Waals surface area (Å²) in [5.74, 6) is -0.249. The monoisotopic (exact) mass is 237 g/mol. The molecule has 94 valence electrons. The third-order valence-electron chi connectivity index (χ3n) is 2.54. The van der Waals surface area contributed by atoms with Gasteiger partial charge >= 0.3 is 0 Å². The van der Waals surface area contributed by atoms with Gasteiger partial charge in [0.1, 0.15) is 0 Å². The fourth-order valence-corrected chi connectivity index (χ4v) is 1.49. The lowest BCUT2D eigenvalue weighted by molar-refractivity contribution is -0.122. The van der Waals surface area contributed by atoms with Crippen LogP contribution in [-0.4, -0.2) is 30.9 Å². The lowest BCUT2D eigenvalue weighted by Gasteiger charge is -1.92. The van der Waals surface area contributed by atoms with Gasteiger partial charge in [0.05, 0.1) is 0 Å². The van der Waals surface area contributed by atoms with Gasteiger partial charge in [0.2, 0.25) is 0 Å². The van der Waals surface area contributed by atoms with Crippen molar-refractivity contribution in [1.29, 1.82) is 0 Å². The molecule has 0 saturated carbocycles. The average Bonchev–Trinajstić information content (AvgIpc) is 3.12. The van der Waals surface area contributed by atoms with Gasteiger partial charge in [0.15, 0.2) is 18.0 Å². The summed E-state index contributed by atoms with van der Waals surface area (Å²) in [5.41, 5.74) is 0. The SMILES string of the molecule is CC=CCCC=CCC(=O)C1OC1C(=O)NC. The quantitative estimate of drug-likeness (QED) is 0.413. The van der Waals surface area contributed by atoms with E-state index < -0.39 is 12.2 Å². The van der Waals surface area contributed by atoms with E-state index in [4.69, 9.17) is 4.74 Å². The molecule has 1 aliphatic rings. The van der Waals surface area contributed by atoms with Crippen LogP contribution < -0.4 is 5.32 Å².